The fraction of sp³-hybridized carbons (Fsp3) is 0.538. The lowest BCUT2D eigenvalue weighted by molar-refractivity contribution is -0.384. The third kappa shape index (κ3) is 3.43. The molecule has 0 saturated carbocycles. The van der Waals surface area contributed by atoms with Gasteiger partial charge < -0.3 is 10.4 Å². The number of benzene rings is 1. The van der Waals surface area contributed by atoms with Gasteiger partial charge in [-0.2, -0.15) is 0 Å². The highest BCUT2D eigenvalue weighted by Gasteiger charge is 2.22. The first-order valence-electron chi connectivity index (χ1n) is 6.13. The van der Waals surface area contributed by atoms with E-state index in [4.69, 9.17) is 0 Å². The third-order valence-corrected chi connectivity index (χ3v) is 3.34. The molecule has 18 heavy (non-hydrogen) atoms. The average Bonchev–Trinajstić information content (AvgIpc) is 2.36. The molecule has 0 saturated heterocycles. The summed E-state index contributed by atoms with van der Waals surface area (Å²) in [7, 11) is 0. The Labute approximate surface area is 107 Å². The number of hydrogen-bond donors (Lipinski definition) is 2. The van der Waals surface area contributed by atoms with Crippen molar-refractivity contribution in [2.24, 2.45) is 0 Å². The minimum atomic E-state index is -0.728. The third-order valence-electron chi connectivity index (χ3n) is 3.34. The van der Waals surface area contributed by atoms with E-state index in [0.29, 0.717) is 19.4 Å². The second-order valence-corrected chi connectivity index (χ2v) is 4.54. The summed E-state index contributed by atoms with van der Waals surface area (Å²) >= 11 is 0. The van der Waals surface area contributed by atoms with Gasteiger partial charge in [-0.25, -0.2) is 0 Å². The van der Waals surface area contributed by atoms with Crippen molar-refractivity contribution in [1.29, 1.82) is 0 Å². The number of anilines is 1. The zero-order valence-corrected chi connectivity index (χ0v) is 11.1. The van der Waals surface area contributed by atoms with Gasteiger partial charge in [-0.15, -0.1) is 0 Å². The summed E-state index contributed by atoms with van der Waals surface area (Å²) in [6, 6.07) is 4.67. The highest BCUT2D eigenvalue weighted by atomic mass is 16.6. The zero-order valence-electron chi connectivity index (χ0n) is 11.1. The molecule has 2 N–H and O–H groups in total. The molecule has 5 nitrogen and oxygen atoms in total. The molecule has 0 heterocycles. The Morgan fingerprint density at radius 2 is 2.00 bits per heavy atom. The SMILES string of the molecule is CCC(O)(CC)CNc1ccc([N+](=O)[O-])cc1C. The van der Waals surface area contributed by atoms with Crippen LogP contribution in [0.2, 0.25) is 0 Å². The summed E-state index contributed by atoms with van der Waals surface area (Å²) in [4.78, 5) is 10.2. The normalized spacial score (nSPS) is 11.3. The number of nitro groups is 1. The van der Waals surface area contributed by atoms with E-state index in [1.54, 1.807) is 6.07 Å². The highest BCUT2D eigenvalue weighted by Crippen LogP contribution is 2.23. The Hall–Kier alpha value is -1.62. The fourth-order valence-electron chi connectivity index (χ4n) is 1.72. The number of aryl methyl sites for hydroxylation is 1. The van der Waals surface area contributed by atoms with Crippen molar-refractivity contribution in [1.82, 2.24) is 0 Å². The number of nitrogens with one attached hydrogen (secondary N) is 1. The maximum absolute atomic E-state index is 10.6. The van der Waals surface area contributed by atoms with Crippen LogP contribution in [0.25, 0.3) is 0 Å². The van der Waals surface area contributed by atoms with Gasteiger partial charge in [0.05, 0.1) is 10.5 Å². The first-order valence-corrected chi connectivity index (χ1v) is 6.13. The molecule has 0 aromatic heterocycles. The molecule has 0 spiro atoms. The lowest BCUT2D eigenvalue weighted by Crippen LogP contribution is -2.35. The monoisotopic (exact) mass is 252 g/mol. The van der Waals surface area contributed by atoms with Crippen LogP contribution < -0.4 is 5.32 Å². The Morgan fingerprint density at radius 1 is 1.39 bits per heavy atom. The van der Waals surface area contributed by atoms with Gasteiger partial charge in [0, 0.05) is 24.4 Å². The maximum atomic E-state index is 10.6. The van der Waals surface area contributed by atoms with E-state index in [-0.39, 0.29) is 5.69 Å². The second-order valence-electron chi connectivity index (χ2n) is 4.54. The lowest BCUT2D eigenvalue weighted by Gasteiger charge is -2.26. The molecule has 0 fully saturated rings. The predicted molar refractivity (Wildman–Crippen MR) is 71.9 cm³/mol. The van der Waals surface area contributed by atoms with E-state index in [2.05, 4.69) is 5.32 Å². The van der Waals surface area contributed by atoms with Gasteiger partial charge >= 0.3 is 0 Å². The van der Waals surface area contributed by atoms with Crippen LogP contribution in [0.1, 0.15) is 32.3 Å². The van der Waals surface area contributed by atoms with E-state index in [0.717, 1.165) is 11.3 Å². The molecule has 0 aliphatic heterocycles. The molecule has 0 bridgehead atoms. The van der Waals surface area contributed by atoms with Crippen LogP contribution >= 0.6 is 0 Å². The van der Waals surface area contributed by atoms with E-state index in [1.165, 1.54) is 12.1 Å². The Bertz CT molecular complexity index is 428. The predicted octanol–water partition coefficient (Wildman–Crippen LogP) is 2.87. The van der Waals surface area contributed by atoms with Gasteiger partial charge in [0.2, 0.25) is 0 Å². The van der Waals surface area contributed by atoms with Gasteiger partial charge in [-0.1, -0.05) is 13.8 Å². The number of hydrogen-bond acceptors (Lipinski definition) is 4. The van der Waals surface area contributed by atoms with Crippen molar-refractivity contribution in [2.45, 2.75) is 39.2 Å². The zero-order chi connectivity index (χ0) is 13.8. The largest absolute Gasteiger partial charge is 0.388 e. The van der Waals surface area contributed by atoms with Crippen molar-refractivity contribution in [2.75, 3.05) is 11.9 Å². The molecule has 0 atom stereocenters. The Kier molecular flexibility index (Phi) is 4.67. The van der Waals surface area contributed by atoms with Crippen molar-refractivity contribution in [3.63, 3.8) is 0 Å². The van der Waals surface area contributed by atoms with Crippen molar-refractivity contribution in [3.05, 3.63) is 33.9 Å². The maximum Gasteiger partial charge on any atom is 0.269 e. The van der Waals surface area contributed by atoms with Crippen LogP contribution in [0.3, 0.4) is 0 Å². The van der Waals surface area contributed by atoms with Crippen molar-refractivity contribution >= 4 is 11.4 Å². The summed E-state index contributed by atoms with van der Waals surface area (Å²) in [6.45, 7) is 6.13. The smallest absolute Gasteiger partial charge is 0.269 e. The Balaban J connectivity index is 2.77. The molecule has 0 unspecified atom stereocenters. The number of non-ortho nitro benzene ring substituents is 1. The summed E-state index contributed by atoms with van der Waals surface area (Å²) < 4.78 is 0. The van der Waals surface area contributed by atoms with Crippen LogP contribution in [0.15, 0.2) is 18.2 Å². The summed E-state index contributed by atoms with van der Waals surface area (Å²) in [5.74, 6) is 0. The van der Waals surface area contributed by atoms with E-state index < -0.39 is 10.5 Å². The van der Waals surface area contributed by atoms with Crippen molar-refractivity contribution in [3.8, 4) is 0 Å². The molecule has 0 radical (unpaired) electrons. The van der Waals surface area contributed by atoms with Crippen LogP contribution in [-0.2, 0) is 0 Å². The topological polar surface area (TPSA) is 75.4 Å². The van der Waals surface area contributed by atoms with Crippen LogP contribution in [0, 0.1) is 17.0 Å². The van der Waals surface area contributed by atoms with E-state index in [9.17, 15) is 15.2 Å². The van der Waals surface area contributed by atoms with Gasteiger partial charge in [-0.3, -0.25) is 10.1 Å². The van der Waals surface area contributed by atoms with Crippen LogP contribution in [-0.4, -0.2) is 22.2 Å². The van der Waals surface area contributed by atoms with Crippen LogP contribution in [0.5, 0.6) is 0 Å². The highest BCUT2D eigenvalue weighted by molar-refractivity contribution is 5.55. The number of nitrogens with zero attached hydrogens (tertiary/aromatic N) is 1. The molecule has 5 heteroatoms. The molecule has 0 aliphatic rings. The van der Waals surface area contributed by atoms with Gasteiger partial charge in [-0.05, 0) is 31.4 Å². The standard InChI is InChI=1S/C13H20N2O3/c1-4-13(16,5-2)9-14-12-7-6-11(15(17)18)8-10(12)3/h6-8,14,16H,4-5,9H2,1-3H3. The minimum Gasteiger partial charge on any atom is -0.388 e. The van der Waals surface area contributed by atoms with E-state index in [1.807, 2.05) is 20.8 Å². The molecule has 0 amide bonds. The molecule has 100 valence electrons. The van der Waals surface area contributed by atoms with E-state index >= 15 is 0 Å². The van der Waals surface area contributed by atoms with Gasteiger partial charge in [0.25, 0.3) is 5.69 Å². The molecular weight excluding hydrogens is 232 g/mol. The summed E-state index contributed by atoms with van der Waals surface area (Å²) in [5, 5.41) is 23.9. The minimum absolute atomic E-state index is 0.0827. The number of rotatable bonds is 6. The molecule has 1 aromatic carbocycles. The first kappa shape index (κ1) is 14.4. The number of nitro benzene ring substituents is 1. The first-order chi connectivity index (χ1) is 8.41. The van der Waals surface area contributed by atoms with Crippen molar-refractivity contribution < 1.29 is 10.0 Å². The van der Waals surface area contributed by atoms with Crippen LogP contribution in [0.4, 0.5) is 11.4 Å². The molecule has 1 aromatic rings. The summed E-state index contributed by atoms with van der Waals surface area (Å²) in [5.41, 5.74) is 0.979. The molecule has 1 rings (SSSR count). The second kappa shape index (κ2) is 5.82. The van der Waals surface area contributed by atoms with Gasteiger partial charge in [0.1, 0.15) is 0 Å². The fourth-order valence-corrected chi connectivity index (χ4v) is 1.72. The quantitative estimate of drug-likeness (QED) is 0.603. The summed E-state index contributed by atoms with van der Waals surface area (Å²) in [6.07, 6.45) is 1.34. The number of aliphatic hydroxyl groups is 1. The molecule has 0 aliphatic carbocycles. The average molecular weight is 252 g/mol. The Morgan fingerprint density at radius 3 is 2.44 bits per heavy atom. The van der Waals surface area contributed by atoms with Gasteiger partial charge in [0.15, 0.2) is 0 Å². The lowest BCUT2D eigenvalue weighted by atomic mass is 9.97. The molecular formula is C13H20N2O3.